The largest absolute Gasteiger partial charge is 0.495 e. The Bertz CT molecular complexity index is 596. The van der Waals surface area contributed by atoms with E-state index < -0.39 is 5.54 Å². The smallest absolute Gasteiger partial charge is 0.137 e. The molecule has 1 aromatic heterocycles. The summed E-state index contributed by atoms with van der Waals surface area (Å²) in [4.78, 5) is 4.09. The number of nitrogens with two attached hydrogens (primary N) is 1. The van der Waals surface area contributed by atoms with Crippen LogP contribution in [0.3, 0.4) is 0 Å². The maximum Gasteiger partial charge on any atom is 0.137 e. The van der Waals surface area contributed by atoms with Crippen molar-refractivity contribution in [1.82, 2.24) is 4.98 Å². The first kappa shape index (κ1) is 13.5. The van der Waals surface area contributed by atoms with Crippen LogP contribution in [-0.2, 0) is 5.54 Å². The van der Waals surface area contributed by atoms with Crippen LogP contribution in [0.25, 0.3) is 0 Å². The van der Waals surface area contributed by atoms with E-state index in [-0.39, 0.29) is 5.82 Å². The highest BCUT2D eigenvalue weighted by molar-refractivity contribution is 5.39. The molecule has 0 aliphatic rings. The number of hydrogen-bond acceptors (Lipinski definition) is 3. The van der Waals surface area contributed by atoms with E-state index in [9.17, 15) is 4.39 Å². The van der Waals surface area contributed by atoms with Crippen molar-refractivity contribution < 1.29 is 9.13 Å². The molecule has 4 heteroatoms. The Morgan fingerprint density at radius 1 is 1.21 bits per heavy atom. The standard InChI is InChI=1S/C15H17FN2O/c1-10-4-5-11(7-14(10)16)15(2,17)12-6-13(19-3)9-18-8-12/h4-9H,17H2,1-3H3. The molecule has 2 aromatic rings. The van der Waals surface area contributed by atoms with Gasteiger partial charge in [0.25, 0.3) is 0 Å². The zero-order valence-corrected chi connectivity index (χ0v) is 11.3. The molecule has 1 aromatic carbocycles. The lowest BCUT2D eigenvalue weighted by molar-refractivity contribution is 0.410. The minimum absolute atomic E-state index is 0.259. The molecule has 19 heavy (non-hydrogen) atoms. The van der Waals surface area contributed by atoms with Crippen molar-refractivity contribution in [3.8, 4) is 5.75 Å². The van der Waals surface area contributed by atoms with E-state index in [1.165, 1.54) is 6.07 Å². The van der Waals surface area contributed by atoms with Gasteiger partial charge in [-0.25, -0.2) is 4.39 Å². The van der Waals surface area contributed by atoms with Crippen LogP contribution in [0.15, 0.2) is 36.7 Å². The van der Waals surface area contributed by atoms with Crippen molar-refractivity contribution in [2.75, 3.05) is 7.11 Å². The van der Waals surface area contributed by atoms with Crippen molar-refractivity contribution in [1.29, 1.82) is 0 Å². The van der Waals surface area contributed by atoms with Crippen LogP contribution in [0.1, 0.15) is 23.6 Å². The van der Waals surface area contributed by atoms with Crippen LogP contribution in [0, 0.1) is 12.7 Å². The quantitative estimate of drug-likeness (QED) is 0.923. The third-order valence-corrected chi connectivity index (χ3v) is 3.32. The van der Waals surface area contributed by atoms with Gasteiger partial charge in [0.2, 0.25) is 0 Å². The van der Waals surface area contributed by atoms with Crippen LogP contribution < -0.4 is 10.5 Å². The Balaban J connectivity index is 2.47. The van der Waals surface area contributed by atoms with Crippen LogP contribution in [0.2, 0.25) is 0 Å². The second-order valence-corrected chi connectivity index (χ2v) is 4.78. The zero-order chi connectivity index (χ0) is 14.0. The van der Waals surface area contributed by atoms with Crippen LogP contribution >= 0.6 is 0 Å². The van der Waals surface area contributed by atoms with Crippen LogP contribution in [0.5, 0.6) is 5.75 Å². The fourth-order valence-corrected chi connectivity index (χ4v) is 1.90. The van der Waals surface area contributed by atoms with Gasteiger partial charge in [0.1, 0.15) is 11.6 Å². The van der Waals surface area contributed by atoms with Crippen molar-refractivity contribution in [2.45, 2.75) is 19.4 Å². The average molecular weight is 260 g/mol. The lowest BCUT2D eigenvalue weighted by atomic mass is 9.86. The van der Waals surface area contributed by atoms with Gasteiger partial charge in [0.05, 0.1) is 18.8 Å². The van der Waals surface area contributed by atoms with E-state index in [4.69, 9.17) is 10.5 Å². The van der Waals surface area contributed by atoms with Crippen LogP contribution in [0.4, 0.5) is 4.39 Å². The third-order valence-electron chi connectivity index (χ3n) is 3.32. The van der Waals surface area contributed by atoms with Crippen molar-refractivity contribution in [3.63, 3.8) is 0 Å². The van der Waals surface area contributed by atoms with Gasteiger partial charge in [-0.1, -0.05) is 12.1 Å². The van der Waals surface area contributed by atoms with Gasteiger partial charge < -0.3 is 10.5 Å². The summed E-state index contributed by atoms with van der Waals surface area (Å²) in [5, 5.41) is 0. The van der Waals surface area contributed by atoms with Gasteiger partial charge in [-0.15, -0.1) is 0 Å². The molecular weight excluding hydrogens is 243 g/mol. The minimum atomic E-state index is -0.823. The van der Waals surface area contributed by atoms with Gasteiger partial charge >= 0.3 is 0 Å². The molecule has 0 amide bonds. The summed E-state index contributed by atoms with van der Waals surface area (Å²) in [7, 11) is 1.57. The number of halogens is 1. The lowest BCUT2D eigenvalue weighted by Crippen LogP contribution is -2.34. The molecule has 0 fully saturated rings. The fourth-order valence-electron chi connectivity index (χ4n) is 1.90. The molecule has 0 aliphatic heterocycles. The summed E-state index contributed by atoms with van der Waals surface area (Å²) in [6.07, 6.45) is 3.27. The van der Waals surface area contributed by atoms with Crippen molar-refractivity contribution in [2.24, 2.45) is 5.73 Å². The summed E-state index contributed by atoms with van der Waals surface area (Å²) < 4.78 is 18.8. The summed E-state index contributed by atoms with van der Waals surface area (Å²) in [5.41, 5.74) is 7.59. The minimum Gasteiger partial charge on any atom is -0.495 e. The number of pyridine rings is 1. The van der Waals surface area contributed by atoms with E-state index in [0.717, 1.165) is 5.56 Å². The highest BCUT2D eigenvalue weighted by Gasteiger charge is 2.25. The molecule has 1 unspecified atom stereocenters. The number of nitrogens with zero attached hydrogens (tertiary/aromatic N) is 1. The first-order valence-electron chi connectivity index (χ1n) is 6.00. The molecule has 0 radical (unpaired) electrons. The van der Waals surface area contributed by atoms with Crippen LogP contribution in [-0.4, -0.2) is 12.1 Å². The SMILES string of the molecule is COc1cncc(C(C)(N)c2ccc(C)c(F)c2)c1. The second kappa shape index (κ2) is 4.97. The Labute approximate surface area is 112 Å². The van der Waals surface area contributed by atoms with E-state index in [2.05, 4.69) is 4.98 Å². The number of aryl methyl sites for hydroxylation is 1. The molecule has 0 aliphatic carbocycles. The predicted octanol–water partition coefficient (Wildman–Crippen LogP) is 2.76. The van der Waals surface area contributed by atoms with E-state index in [1.54, 1.807) is 32.5 Å². The first-order chi connectivity index (χ1) is 8.95. The number of hydrogen-bond donors (Lipinski definition) is 1. The van der Waals surface area contributed by atoms with Gasteiger partial charge in [-0.3, -0.25) is 4.98 Å². The summed E-state index contributed by atoms with van der Waals surface area (Å²) in [6.45, 7) is 3.55. The molecule has 0 saturated carbocycles. The zero-order valence-electron chi connectivity index (χ0n) is 11.3. The number of methoxy groups -OCH3 is 1. The average Bonchev–Trinajstić information content (AvgIpc) is 2.41. The van der Waals surface area contributed by atoms with E-state index in [0.29, 0.717) is 16.9 Å². The number of rotatable bonds is 3. The molecule has 1 atom stereocenters. The van der Waals surface area contributed by atoms with E-state index >= 15 is 0 Å². The molecule has 100 valence electrons. The Hall–Kier alpha value is -1.94. The third kappa shape index (κ3) is 2.58. The molecule has 0 spiro atoms. The van der Waals surface area contributed by atoms with Gasteiger partial charge in [0.15, 0.2) is 0 Å². The van der Waals surface area contributed by atoms with E-state index in [1.807, 2.05) is 19.1 Å². The molecule has 1 heterocycles. The van der Waals surface area contributed by atoms with Gasteiger partial charge in [-0.05, 0) is 42.7 Å². The number of aromatic nitrogens is 1. The van der Waals surface area contributed by atoms with Crippen molar-refractivity contribution in [3.05, 3.63) is 59.2 Å². The summed E-state index contributed by atoms with van der Waals surface area (Å²) in [6, 6.07) is 6.83. The Kier molecular flexibility index (Phi) is 3.53. The summed E-state index contributed by atoms with van der Waals surface area (Å²) >= 11 is 0. The monoisotopic (exact) mass is 260 g/mol. The molecule has 0 bridgehead atoms. The molecule has 0 saturated heterocycles. The summed E-state index contributed by atoms with van der Waals surface area (Å²) in [5.74, 6) is 0.367. The molecule has 2 rings (SSSR count). The number of ether oxygens (including phenoxy) is 1. The molecule has 3 nitrogen and oxygen atoms in total. The van der Waals surface area contributed by atoms with Gasteiger partial charge in [-0.2, -0.15) is 0 Å². The van der Waals surface area contributed by atoms with Gasteiger partial charge in [0, 0.05) is 6.20 Å². The maximum atomic E-state index is 13.7. The second-order valence-electron chi connectivity index (χ2n) is 4.78. The molecule has 2 N–H and O–H groups in total. The fraction of sp³-hybridized carbons (Fsp3) is 0.267. The normalized spacial score (nSPS) is 13.9. The highest BCUT2D eigenvalue weighted by atomic mass is 19.1. The number of benzene rings is 1. The van der Waals surface area contributed by atoms with Crippen molar-refractivity contribution >= 4 is 0 Å². The highest BCUT2D eigenvalue weighted by Crippen LogP contribution is 2.29. The topological polar surface area (TPSA) is 48.1 Å². The Morgan fingerprint density at radius 2 is 1.95 bits per heavy atom. The first-order valence-corrected chi connectivity index (χ1v) is 6.00. The maximum absolute atomic E-state index is 13.7. The lowest BCUT2D eigenvalue weighted by Gasteiger charge is -2.26. The Morgan fingerprint density at radius 3 is 2.58 bits per heavy atom. The predicted molar refractivity (Wildman–Crippen MR) is 72.6 cm³/mol. The molecular formula is C15H17FN2O.